The Morgan fingerprint density at radius 3 is 2.52 bits per heavy atom. The molecule has 0 aliphatic heterocycles. The summed E-state index contributed by atoms with van der Waals surface area (Å²) in [7, 11) is -3.66. The highest BCUT2D eigenvalue weighted by atomic mass is 32.2. The Morgan fingerprint density at radius 1 is 0.926 bits per heavy atom. The number of hydrogen-bond acceptors (Lipinski definition) is 3. The van der Waals surface area contributed by atoms with Gasteiger partial charge in [0.2, 0.25) is 10.0 Å². The second-order valence-corrected chi connectivity index (χ2v) is 8.84. The number of hydrogen-bond donors (Lipinski definition) is 2. The second-order valence-electron chi connectivity index (χ2n) is 7.07. The SMILES string of the molecule is O=S(=O)(NC[C@@H](O)c1cccc2ccccc12)c1ccc2c(c1)CCCC2. The molecule has 4 rings (SSSR count). The van der Waals surface area contributed by atoms with Crippen molar-refractivity contribution in [2.45, 2.75) is 36.7 Å². The highest BCUT2D eigenvalue weighted by Gasteiger charge is 2.20. The third kappa shape index (κ3) is 3.76. The third-order valence-corrected chi connectivity index (χ3v) is 6.70. The molecule has 5 heteroatoms. The number of benzene rings is 3. The number of sulfonamides is 1. The van der Waals surface area contributed by atoms with E-state index in [2.05, 4.69) is 4.72 Å². The van der Waals surface area contributed by atoms with Crippen molar-refractivity contribution >= 4 is 20.8 Å². The molecule has 0 amide bonds. The van der Waals surface area contributed by atoms with Crippen molar-refractivity contribution in [3.8, 4) is 0 Å². The van der Waals surface area contributed by atoms with Crippen molar-refractivity contribution in [3.63, 3.8) is 0 Å². The van der Waals surface area contributed by atoms with Gasteiger partial charge in [-0.25, -0.2) is 13.1 Å². The predicted octanol–water partition coefficient (Wildman–Crippen LogP) is 3.73. The average molecular weight is 381 g/mol. The zero-order valence-corrected chi connectivity index (χ0v) is 15.9. The molecule has 0 spiro atoms. The smallest absolute Gasteiger partial charge is 0.240 e. The lowest BCUT2D eigenvalue weighted by Crippen LogP contribution is -2.28. The molecule has 2 N–H and O–H groups in total. The maximum Gasteiger partial charge on any atom is 0.240 e. The van der Waals surface area contributed by atoms with E-state index in [-0.39, 0.29) is 11.4 Å². The molecule has 0 fully saturated rings. The van der Waals surface area contributed by atoms with Gasteiger partial charge >= 0.3 is 0 Å². The summed E-state index contributed by atoms with van der Waals surface area (Å²) in [6.45, 7) is -0.0621. The van der Waals surface area contributed by atoms with Gasteiger partial charge in [-0.3, -0.25) is 0 Å². The van der Waals surface area contributed by atoms with Gasteiger partial charge in [0.15, 0.2) is 0 Å². The molecule has 3 aromatic rings. The molecule has 0 radical (unpaired) electrons. The summed E-state index contributed by atoms with van der Waals surface area (Å²) in [5.74, 6) is 0. The number of rotatable bonds is 5. The Hall–Kier alpha value is -2.21. The van der Waals surface area contributed by atoms with Crippen LogP contribution in [-0.4, -0.2) is 20.1 Å². The van der Waals surface area contributed by atoms with Gasteiger partial charge in [-0.05, 0) is 65.3 Å². The number of aliphatic hydroxyl groups is 1. The number of aryl methyl sites for hydroxylation is 2. The Balaban J connectivity index is 1.53. The maximum absolute atomic E-state index is 12.7. The summed E-state index contributed by atoms with van der Waals surface area (Å²) in [6.07, 6.45) is 3.29. The van der Waals surface area contributed by atoms with Gasteiger partial charge in [0, 0.05) is 6.54 Å². The van der Waals surface area contributed by atoms with Crippen LogP contribution in [0.1, 0.15) is 35.6 Å². The van der Waals surface area contributed by atoms with Gasteiger partial charge in [0.05, 0.1) is 11.0 Å². The summed E-state index contributed by atoms with van der Waals surface area (Å²) in [6, 6.07) is 18.8. The molecule has 1 aliphatic rings. The van der Waals surface area contributed by atoms with Crippen molar-refractivity contribution in [3.05, 3.63) is 77.4 Å². The minimum atomic E-state index is -3.66. The van der Waals surface area contributed by atoms with Crippen LogP contribution in [0, 0.1) is 0 Å². The van der Waals surface area contributed by atoms with Crippen molar-refractivity contribution in [2.24, 2.45) is 0 Å². The average Bonchev–Trinajstić information content (AvgIpc) is 2.71. The van der Waals surface area contributed by atoms with Gasteiger partial charge in [-0.15, -0.1) is 0 Å². The minimum absolute atomic E-state index is 0.0621. The first kappa shape index (κ1) is 18.2. The van der Waals surface area contributed by atoms with Gasteiger partial charge in [-0.1, -0.05) is 48.5 Å². The highest BCUT2D eigenvalue weighted by Crippen LogP contribution is 2.26. The first-order chi connectivity index (χ1) is 13.0. The first-order valence-corrected chi connectivity index (χ1v) is 10.8. The molecule has 0 saturated carbocycles. The van der Waals surface area contributed by atoms with Gasteiger partial charge in [-0.2, -0.15) is 0 Å². The van der Waals surface area contributed by atoms with E-state index in [1.54, 1.807) is 12.1 Å². The van der Waals surface area contributed by atoms with Crippen LogP contribution < -0.4 is 4.72 Å². The lowest BCUT2D eigenvalue weighted by molar-refractivity contribution is 0.183. The van der Waals surface area contributed by atoms with Crippen LogP contribution in [0.3, 0.4) is 0 Å². The van der Waals surface area contributed by atoms with E-state index in [0.717, 1.165) is 47.6 Å². The fourth-order valence-electron chi connectivity index (χ4n) is 3.80. The number of nitrogens with one attached hydrogen (secondary N) is 1. The Bertz CT molecular complexity index is 1070. The summed E-state index contributed by atoms with van der Waals surface area (Å²) < 4.78 is 28.0. The van der Waals surface area contributed by atoms with E-state index in [9.17, 15) is 13.5 Å². The first-order valence-electron chi connectivity index (χ1n) is 9.32. The van der Waals surface area contributed by atoms with E-state index >= 15 is 0 Å². The molecule has 1 aliphatic carbocycles. The van der Waals surface area contributed by atoms with Crippen LogP contribution in [0.15, 0.2) is 65.6 Å². The lowest BCUT2D eigenvalue weighted by Gasteiger charge is -2.18. The monoisotopic (exact) mass is 381 g/mol. The molecule has 0 heterocycles. The molecule has 0 aromatic heterocycles. The van der Waals surface area contributed by atoms with Crippen molar-refractivity contribution in [2.75, 3.05) is 6.54 Å². The molecular weight excluding hydrogens is 358 g/mol. The minimum Gasteiger partial charge on any atom is -0.387 e. The van der Waals surface area contributed by atoms with Crippen LogP contribution in [0.2, 0.25) is 0 Å². The summed E-state index contributed by atoms with van der Waals surface area (Å²) in [5, 5.41) is 12.5. The maximum atomic E-state index is 12.7. The number of fused-ring (bicyclic) bond motifs is 2. The number of aliphatic hydroxyl groups excluding tert-OH is 1. The van der Waals surface area contributed by atoms with E-state index in [1.807, 2.05) is 48.5 Å². The molecule has 3 aromatic carbocycles. The highest BCUT2D eigenvalue weighted by molar-refractivity contribution is 7.89. The van der Waals surface area contributed by atoms with Crippen LogP contribution in [-0.2, 0) is 22.9 Å². The van der Waals surface area contributed by atoms with Gasteiger partial charge in [0.1, 0.15) is 0 Å². The van der Waals surface area contributed by atoms with Crippen molar-refractivity contribution in [1.29, 1.82) is 0 Å². The van der Waals surface area contributed by atoms with Crippen LogP contribution >= 0.6 is 0 Å². The quantitative estimate of drug-likeness (QED) is 0.708. The summed E-state index contributed by atoms with van der Waals surface area (Å²) in [4.78, 5) is 0.272. The fourth-order valence-corrected chi connectivity index (χ4v) is 4.89. The zero-order chi connectivity index (χ0) is 18.9. The molecule has 27 heavy (non-hydrogen) atoms. The standard InChI is InChI=1S/C22H23NO3S/c24-22(21-11-5-9-17-7-3-4-10-20(17)21)15-23-27(25,26)19-13-12-16-6-1-2-8-18(16)14-19/h3-5,7,9-14,22-24H,1-2,6,8,15H2/t22-/m1/s1. The fraction of sp³-hybridized carbons (Fsp3) is 0.273. The second kappa shape index (κ2) is 7.43. The summed E-state index contributed by atoms with van der Waals surface area (Å²) >= 11 is 0. The Morgan fingerprint density at radius 2 is 1.67 bits per heavy atom. The van der Waals surface area contributed by atoms with E-state index in [4.69, 9.17) is 0 Å². The molecule has 0 saturated heterocycles. The third-order valence-electron chi connectivity index (χ3n) is 5.28. The lowest BCUT2D eigenvalue weighted by atomic mass is 9.92. The van der Waals surface area contributed by atoms with Crippen LogP contribution in [0.5, 0.6) is 0 Å². The van der Waals surface area contributed by atoms with E-state index in [0.29, 0.717) is 0 Å². The van der Waals surface area contributed by atoms with Crippen LogP contribution in [0.4, 0.5) is 0 Å². The van der Waals surface area contributed by atoms with Crippen molar-refractivity contribution in [1.82, 2.24) is 4.72 Å². The normalized spacial score (nSPS) is 15.4. The molecule has 0 bridgehead atoms. The molecule has 1 atom stereocenters. The molecule has 0 unspecified atom stereocenters. The molecule has 4 nitrogen and oxygen atoms in total. The summed E-state index contributed by atoms with van der Waals surface area (Å²) in [5.41, 5.74) is 3.09. The largest absolute Gasteiger partial charge is 0.387 e. The molecular formula is C22H23NO3S. The predicted molar refractivity (Wildman–Crippen MR) is 107 cm³/mol. The Kier molecular flexibility index (Phi) is 5.00. The van der Waals surface area contributed by atoms with Gasteiger partial charge < -0.3 is 5.11 Å². The van der Waals surface area contributed by atoms with Gasteiger partial charge in [0.25, 0.3) is 0 Å². The zero-order valence-electron chi connectivity index (χ0n) is 15.1. The topological polar surface area (TPSA) is 66.4 Å². The van der Waals surface area contributed by atoms with E-state index < -0.39 is 16.1 Å². The van der Waals surface area contributed by atoms with Crippen LogP contribution in [0.25, 0.3) is 10.8 Å². The van der Waals surface area contributed by atoms with E-state index in [1.165, 1.54) is 5.56 Å². The molecule has 140 valence electrons. The van der Waals surface area contributed by atoms with Crippen molar-refractivity contribution < 1.29 is 13.5 Å². The Labute approximate surface area is 159 Å².